The van der Waals surface area contributed by atoms with Crippen molar-refractivity contribution in [3.05, 3.63) is 126 Å². The van der Waals surface area contributed by atoms with E-state index in [-0.39, 0.29) is 0 Å². The van der Waals surface area contributed by atoms with E-state index in [1.807, 2.05) is 60.7 Å². The number of benzene rings is 5. The highest BCUT2D eigenvalue weighted by atomic mass is 15.0. The minimum absolute atomic E-state index is 0.352. The largest absolute Gasteiger partial charge is 0.208 e. The van der Waals surface area contributed by atoms with Gasteiger partial charge in [-0.25, -0.2) is 15.0 Å². The van der Waals surface area contributed by atoms with Crippen molar-refractivity contribution in [2.45, 2.75) is 43.9 Å². The molecule has 0 saturated heterocycles. The molecule has 0 atom stereocenters. The monoisotopic (exact) mass is 594 g/mol. The Kier molecular flexibility index (Phi) is 6.35. The van der Waals surface area contributed by atoms with Crippen LogP contribution in [0.25, 0.3) is 56.1 Å². The minimum atomic E-state index is 0.352. The molecule has 6 aromatic rings. The molecule has 0 unspecified atom stereocenters. The van der Waals surface area contributed by atoms with E-state index in [1.165, 1.54) is 44.1 Å². The fourth-order valence-electron chi connectivity index (χ4n) is 9.33. The van der Waals surface area contributed by atoms with Crippen LogP contribution in [0.2, 0.25) is 0 Å². The third-order valence-corrected chi connectivity index (χ3v) is 10.9. The van der Waals surface area contributed by atoms with E-state index < -0.39 is 0 Å². The quantitative estimate of drug-likeness (QED) is 0.199. The lowest BCUT2D eigenvalue weighted by atomic mass is 9.48. The molecule has 1 heterocycles. The van der Waals surface area contributed by atoms with Gasteiger partial charge in [-0.1, -0.05) is 103 Å². The maximum atomic E-state index is 10.2. The second-order valence-corrected chi connectivity index (χ2v) is 13.8. The molecule has 1 aromatic heterocycles. The zero-order chi connectivity index (χ0) is 30.7. The van der Waals surface area contributed by atoms with Crippen molar-refractivity contribution >= 4 is 10.8 Å². The topological polar surface area (TPSA) is 62.5 Å². The summed E-state index contributed by atoms with van der Waals surface area (Å²) < 4.78 is 0. The van der Waals surface area contributed by atoms with Crippen LogP contribution in [0.15, 0.2) is 115 Å². The van der Waals surface area contributed by atoms with Crippen molar-refractivity contribution < 1.29 is 0 Å². The molecular formula is C42H34N4. The van der Waals surface area contributed by atoms with Crippen LogP contribution >= 0.6 is 0 Å². The van der Waals surface area contributed by atoms with Gasteiger partial charge in [0, 0.05) is 22.1 Å². The van der Waals surface area contributed by atoms with Crippen LogP contribution in [0.5, 0.6) is 0 Å². The van der Waals surface area contributed by atoms with E-state index >= 15 is 0 Å². The van der Waals surface area contributed by atoms with Gasteiger partial charge in [0.05, 0.1) is 11.6 Å². The molecule has 4 aliphatic rings. The normalized spacial score (nSPS) is 23.0. The summed E-state index contributed by atoms with van der Waals surface area (Å²) in [5.41, 5.74) is 7.41. The van der Waals surface area contributed by atoms with Crippen molar-refractivity contribution in [1.82, 2.24) is 15.0 Å². The lowest BCUT2D eigenvalue weighted by Crippen LogP contribution is -2.48. The molecule has 4 saturated carbocycles. The second-order valence-electron chi connectivity index (χ2n) is 13.8. The van der Waals surface area contributed by atoms with E-state index in [4.69, 9.17) is 15.0 Å². The molecular weight excluding hydrogens is 560 g/mol. The van der Waals surface area contributed by atoms with Crippen molar-refractivity contribution in [2.75, 3.05) is 0 Å². The highest BCUT2D eigenvalue weighted by Crippen LogP contribution is 2.60. The SMILES string of the molecule is N#Cc1cccc2c(-c3nc(-c4ccccc4)nc(-c4ccc(C56C[C@H]7C[C@@H](C5)C[C@@H](C6)C7)cc4)n3)ccc(-c3ccccc3)c12. The van der Waals surface area contributed by atoms with Gasteiger partial charge in [0.2, 0.25) is 0 Å². The third-order valence-electron chi connectivity index (χ3n) is 10.9. The van der Waals surface area contributed by atoms with Crippen LogP contribution in [-0.4, -0.2) is 15.0 Å². The second kappa shape index (κ2) is 10.7. The van der Waals surface area contributed by atoms with Crippen molar-refractivity contribution in [1.29, 1.82) is 5.26 Å². The lowest BCUT2D eigenvalue weighted by Gasteiger charge is -2.57. The molecule has 4 bridgehead atoms. The first-order valence-corrected chi connectivity index (χ1v) is 16.6. The summed E-state index contributed by atoms with van der Waals surface area (Å²) in [6.45, 7) is 0. The summed E-state index contributed by atoms with van der Waals surface area (Å²) in [7, 11) is 0. The summed E-state index contributed by atoms with van der Waals surface area (Å²) in [4.78, 5) is 15.2. The van der Waals surface area contributed by atoms with Gasteiger partial charge < -0.3 is 0 Å². The molecule has 4 nitrogen and oxygen atoms in total. The number of hydrogen-bond acceptors (Lipinski definition) is 4. The van der Waals surface area contributed by atoms with Crippen molar-refractivity contribution in [3.8, 4) is 51.4 Å². The average molecular weight is 595 g/mol. The van der Waals surface area contributed by atoms with Crippen LogP contribution in [0.4, 0.5) is 0 Å². The molecule has 0 spiro atoms. The summed E-state index contributed by atoms with van der Waals surface area (Å²) in [5.74, 6) is 4.65. The Bertz CT molecular complexity index is 2090. The standard InChI is InChI=1S/C42H34N4/c43-26-33-12-7-13-36-37(19-18-35(38(33)36)30-8-3-1-4-9-30)41-45-39(31-10-5-2-6-11-31)44-40(46-41)32-14-16-34(17-15-32)42-23-27-20-28(24-42)22-29(21-27)25-42/h1-19,27-29H,20-25H2/t27-,28+,29-,42?. The van der Waals surface area contributed by atoms with Crippen molar-refractivity contribution in [2.24, 2.45) is 17.8 Å². The molecule has 4 aliphatic carbocycles. The maximum absolute atomic E-state index is 10.2. The van der Waals surface area contributed by atoms with Gasteiger partial charge in [0.25, 0.3) is 0 Å². The smallest absolute Gasteiger partial charge is 0.164 e. The van der Waals surface area contributed by atoms with Crippen molar-refractivity contribution in [3.63, 3.8) is 0 Å². The van der Waals surface area contributed by atoms with E-state index in [9.17, 15) is 5.26 Å². The summed E-state index contributed by atoms with van der Waals surface area (Å²) in [6.07, 6.45) is 8.40. The van der Waals surface area contributed by atoms with Crippen LogP contribution in [-0.2, 0) is 5.41 Å². The van der Waals surface area contributed by atoms with Gasteiger partial charge in [-0.3, -0.25) is 0 Å². The van der Waals surface area contributed by atoms with Gasteiger partial charge in [-0.05, 0) is 95.9 Å². The third kappa shape index (κ3) is 4.53. The highest BCUT2D eigenvalue weighted by molar-refractivity contribution is 6.07. The molecule has 0 amide bonds. The lowest BCUT2D eigenvalue weighted by molar-refractivity contribution is -0.00518. The molecule has 4 heteroatoms. The number of hydrogen-bond donors (Lipinski definition) is 0. The first kappa shape index (κ1) is 27.2. The Labute approximate surface area is 269 Å². The first-order chi connectivity index (χ1) is 22.7. The van der Waals surface area contributed by atoms with Crippen LogP contribution < -0.4 is 0 Å². The summed E-state index contributed by atoms with van der Waals surface area (Å²) in [5, 5.41) is 12.0. The Morgan fingerprint density at radius 1 is 0.522 bits per heavy atom. The van der Waals surface area contributed by atoms with Gasteiger partial charge in [-0.2, -0.15) is 5.26 Å². The number of nitrogens with zero attached hydrogens (tertiary/aromatic N) is 4. The van der Waals surface area contributed by atoms with E-state index in [0.29, 0.717) is 28.5 Å². The van der Waals surface area contributed by atoms with Gasteiger partial charge in [0.1, 0.15) is 0 Å². The predicted molar refractivity (Wildman–Crippen MR) is 184 cm³/mol. The zero-order valence-corrected chi connectivity index (χ0v) is 25.7. The Hall–Kier alpha value is -5.14. The molecule has 5 aromatic carbocycles. The molecule has 46 heavy (non-hydrogen) atoms. The number of aromatic nitrogens is 3. The Morgan fingerprint density at radius 2 is 1.07 bits per heavy atom. The highest BCUT2D eigenvalue weighted by Gasteiger charge is 2.51. The van der Waals surface area contributed by atoms with Gasteiger partial charge in [0.15, 0.2) is 17.5 Å². The van der Waals surface area contributed by atoms with Crippen LogP contribution in [0, 0.1) is 29.1 Å². The molecule has 4 fully saturated rings. The van der Waals surface area contributed by atoms with Gasteiger partial charge in [-0.15, -0.1) is 0 Å². The average Bonchev–Trinajstić information content (AvgIpc) is 3.11. The summed E-state index contributed by atoms with van der Waals surface area (Å²) >= 11 is 0. The number of rotatable bonds is 5. The predicted octanol–water partition coefficient (Wildman–Crippen LogP) is 10.0. The maximum Gasteiger partial charge on any atom is 0.164 e. The Morgan fingerprint density at radius 3 is 1.67 bits per heavy atom. The van der Waals surface area contributed by atoms with Gasteiger partial charge >= 0.3 is 0 Å². The van der Waals surface area contributed by atoms with Crippen LogP contribution in [0.3, 0.4) is 0 Å². The minimum Gasteiger partial charge on any atom is -0.208 e. The van der Waals surface area contributed by atoms with E-state index in [0.717, 1.165) is 56.3 Å². The Balaban J connectivity index is 1.18. The summed E-state index contributed by atoms with van der Waals surface area (Å²) in [6, 6.07) is 42.1. The molecule has 0 aliphatic heterocycles. The molecule has 0 N–H and O–H groups in total. The zero-order valence-electron chi connectivity index (χ0n) is 25.7. The first-order valence-electron chi connectivity index (χ1n) is 16.6. The fourth-order valence-corrected chi connectivity index (χ4v) is 9.33. The fraction of sp³-hybridized carbons (Fsp3) is 0.238. The van der Waals surface area contributed by atoms with E-state index in [1.54, 1.807) is 0 Å². The number of fused-ring (bicyclic) bond motifs is 1. The molecule has 0 radical (unpaired) electrons. The van der Waals surface area contributed by atoms with E-state index in [2.05, 4.69) is 60.7 Å². The number of nitriles is 1. The molecule has 222 valence electrons. The van der Waals surface area contributed by atoms with Crippen LogP contribution in [0.1, 0.15) is 49.7 Å². The molecule has 10 rings (SSSR count).